The van der Waals surface area contributed by atoms with Crippen molar-refractivity contribution in [3.05, 3.63) is 167 Å². The summed E-state index contributed by atoms with van der Waals surface area (Å²) in [6, 6.07) is 11.1. The minimum Gasteiger partial charge on any atom is -0.507 e. The fourth-order valence-corrected chi connectivity index (χ4v) is 8.02. The topological polar surface area (TPSA) is 50.9 Å². The van der Waals surface area contributed by atoms with E-state index in [-0.39, 0.29) is 67.4 Å². The number of pyridine rings is 1. The number of hydrogen-bond donors (Lipinski definition) is 1. The Kier molecular flexibility index (Phi) is 5.85. The van der Waals surface area contributed by atoms with Gasteiger partial charge in [-0.25, -0.2) is 4.98 Å². The predicted octanol–water partition coefficient (Wildman–Crippen LogP) is 17.5. The summed E-state index contributed by atoms with van der Waals surface area (Å²) in [6.45, 7) is -13.9. The summed E-state index contributed by atoms with van der Waals surface area (Å²) in [5.41, 5.74) is -17.1. The zero-order valence-electron chi connectivity index (χ0n) is 70.4. The number of para-hydroxylation sites is 1. The number of imidazole rings is 1. The molecule has 6 aromatic carbocycles. The van der Waals surface area contributed by atoms with Gasteiger partial charge in [0, 0.05) is 60.0 Å². The van der Waals surface area contributed by atoms with Crippen LogP contribution in [0.5, 0.6) is 5.75 Å². The lowest BCUT2D eigenvalue weighted by Gasteiger charge is -2.28. The Balaban J connectivity index is 1.67. The Morgan fingerprint density at radius 2 is 1.32 bits per heavy atom. The van der Waals surface area contributed by atoms with Gasteiger partial charge in [-0.1, -0.05) is 182 Å². The van der Waals surface area contributed by atoms with Gasteiger partial charge in [-0.2, -0.15) is 0 Å². The molecule has 0 fully saturated rings. The predicted molar refractivity (Wildman–Crippen MR) is 290 cm³/mol. The molecule has 4 nitrogen and oxygen atoms in total. The van der Waals surface area contributed by atoms with E-state index in [2.05, 4.69) is 4.98 Å². The molecule has 8 rings (SSSR count). The highest BCUT2D eigenvalue weighted by Crippen LogP contribution is 2.46. The molecular weight excluding hydrogens is 827 g/mol. The average molecular weight is 931 g/mol. The van der Waals surface area contributed by atoms with Crippen molar-refractivity contribution in [2.24, 2.45) is 5.41 Å². The molecule has 0 radical (unpaired) electrons. The SMILES string of the molecule is [2H]c1cc(C([2H])([2H])C(C)(C)C)cc(C([2H])([2H])[2H])c1-c1ccnc(-c2cc(-c3cccc4c3nc(-c3c([2H])c(C(C([2H])([2H])[2H])(C([2H])([2H])[2H])C([2H])([2H])[2H])c([2H])c(C(C([2H])([2H])[2H])(C([2H])([2H])[2H])C([2H])([2H])[2H])c3O)n4-c3ccc(C(C)(C)C)cc3-c3c([2H])c([2H])c([2H])c([2H])c3[2H])cc(C(C)(C)C)c2)c1. The molecule has 350 valence electrons. The molecule has 0 unspecified atom stereocenters. The first-order valence-corrected chi connectivity index (χ1v) is 21.9. The average Bonchev–Trinajstić information content (AvgIpc) is 1.32. The lowest BCUT2D eigenvalue weighted by atomic mass is 9.79. The van der Waals surface area contributed by atoms with Crippen molar-refractivity contribution in [1.29, 1.82) is 0 Å². The van der Waals surface area contributed by atoms with Crippen LogP contribution in [0, 0.1) is 12.3 Å². The second-order valence-corrected chi connectivity index (χ2v) is 20.2. The fourth-order valence-electron chi connectivity index (χ4n) is 8.02. The highest BCUT2D eigenvalue weighted by molar-refractivity contribution is 5.98. The Labute approximate surface area is 451 Å². The van der Waals surface area contributed by atoms with Crippen molar-refractivity contribution in [1.82, 2.24) is 14.5 Å². The summed E-state index contributed by atoms with van der Waals surface area (Å²) < 4.78 is 278. The third-order valence-corrected chi connectivity index (χ3v) is 11.4. The summed E-state index contributed by atoms with van der Waals surface area (Å²) in [7, 11) is 0. The second-order valence-electron chi connectivity index (χ2n) is 20.2. The van der Waals surface area contributed by atoms with Crippen molar-refractivity contribution >= 4 is 11.0 Å². The largest absolute Gasteiger partial charge is 0.507 e. The van der Waals surface area contributed by atoms with Crippen LogP contribution in [0.1, 0.15) is 179 Å². The molecule has 2 heterocycles. The monoisotopic (exact) mass is 931 g/mol. The smallest absolute Gasteiger partial charge is 0.149 e. The van der Waals surface area contributed by atoms with E-state index in [1.807, 2.05) is 20.8 Å². The summed E-state index contributed by atoms with van der Waals surface area (Å²) in [4.78, 5) is 9.69. The third kappa shape index (κ3) is 9.84. The van der Waals surface area contributed by atoms with E-state index in [4.69, 9.17) is 40.6 Å². The summed E-state index contributed by atoms with van der Waals surface area (Å²) in [5.74, 6) is -2.89. The van der Waals surface area contributed by atoms with Crippen LogP contribution in [0.25, 0.3) is 72.7 Å². The van der Waals surface area contributed by atoms with Crippen LogP contribution in [0.4, 0.5) is 0 Å². The first-order valence-electron chi connectivity index (χ1n) is 37.4. The van der Waals surface area contributed by atoms with Crippen molar-refractivity contribution in [3.8, 4) is 67.5 Å². The third-order valence-electron chi connectivity index (χ3n) is 11.4. The maximum atomic E-state index is 13.3. The summed E-state index contributed by atoms with van der Waals surface area (Å²) in [5, 5.41) is 13.3. The van der Waals surface area contributed by atoms with Crippen LogP contribution < -0.4 is 0 Å². The van der Waals surface area contributed by atoms with Crippen LogP contribution in [0.2, 0.25) is 0 Å². The van der Waals surface area contributed by atoms with E-state index in [1.165, 1.54) is 66.9 Å². The summed E-state index contributed by atoms with van der Waals surface area (Å²) in [6.07, 6.45) is -0.726. The van der Waals surface area contributed by atoms with Crippen molar-refractivity contribution < 1.29 is 47.6 Å². The molecule has 0 aliphatic heterocycles. The number of aromatic hydroxyl groups is 1. The molecular formula is C64H73N3O. The first kappa shape index (κ1) is 22.9. The van der Waals surface area contributed by atoms with Crippen LogP contribution >= 0.6 is 0 Å². The van der Waals surface area contributed by atoms with Gasteiger partial charge in [0.05, 0.1) is 38.9 Å². The molecule has 8 aromatic rings. The number of aromatic nitrogens is 3. The lowest BCUT2D eigenvalue weighted by molar-refractivity contribution is 0.411. The Bertz CT molecular complexity index is 4360. The highest BCUT2D eigenvalue weighted by Gasteiger charge is 2.30. The molecule has 0 aliphatic rings. The Morgan fingerprint density at radius 3 is 2.00 bits per heavy atom. The lowest BCUT2D eigenvalue weighted by Crippen LogP contribution is -2.17. The molecule has 0 saturated carbocycles. The van der Waals surface area contributed by atoms with E-state index >= 15 is 0 Å². The number of phenols is 1. The first-order chi connectivity index (χ1) is 44.5. The van der Waals surface area contributed by atoms with Crippen LogP contribution in [0.3, 0.4) is 0 Å². The molecule has 2 aromatic heterocycles. The maximum Gasteiger partial charge on any atom is 0.149 e. The molecule has 0 aliphatic carbocycles. The van der Waals surface area contributed by atoms with Crippen LogP contribution in [0.15, 0.2) is 133 Å². The van der Waals surface area contributed by atoms with Gasteiger partial charge in [-0.15, -0.1) is 0 Å². The number of fused-ring (bicyclic) bond motifs is 1. The highest BCUT2D eigenvalue weighted by atomic mass is 16.3. The number of hydrogen-bond acceptors (Lipinski definition) is 3. The van der Waals surface area contributed by atoms with Crippen molar-refractivity contribution in [2.75, 3.05) is 0 Å². The second kappa shape index (κ2) is 17.4. The van der Waals surface area contributed by atoms with E-state index < -0.39 is 158 Å². The van der Waals surface area contributed by atoms with Crippen LogP contribution in [-0.4, -0.2) is 19.6 Å². The van der Waals surface area contributed by atoms with E-state index in [9.17, 15) is 12.0 Å². The summed E-state index contributed by atoms with van der Waals surface area (Å²) >= 11 is 0. The molecule has 0 saturated heterocycles. The van der Waals surface area contributed by atoms with Gasteiger partial charge in [0.1, 0.15) is 11.6 Å². The van der Waals surface area contributed by atoms with Gasteiger partial charge in [-0.05, 0) is 139 Å². The molecule has 0 amide bonds. The quantitative estimate of drug-likeness (QED) is 0.173. The van der Waals surface area contributed by atoms with E-state index in [1.54, 1.807) is 59.7 Å². The van der Waals surface area contributed by atoms with Crippen molar-refractivity contribution in [2.45, 2.75) is 138 Å². The van der Waals surface area contributed by atoms with E-state index in [0.29, 0.717) is 16.7 Å². The van der Waals surface area contributed by atoms with Gasteiger partial charge in [0.2, 0.25) is 0 Å². The maximum absolute atomic E-state index is 13.3. The minimum absolute atomic E-state index is 0.0352. The molecule has 0 atom stereocenters. The number of nitrogens with zero attached hydrogens (tertiary/aromatic N) is 3. The zero-order chi connectivity index (χ0) is 75.6. The number of rotatable bonds is 7. The standard InChI is InChI=1S/C64H73N3O/c1-40-31-41(39-60(2,3)4)25-27-49(40)43-29-30-65-54(35-43)45-32-44(33-47(34-45)62(8,9)10)50-23-20-24-56-57(50)66-59(52-37-48(63(11,12)13)38-53(58(52)68)64(14,15)16)67(56)55-28-26-46(61(5,6)7)36-51(55)42-21-18-17-19-22-42/h17-38,68H,39H2,1-16H3/i1D3,11D3,12D3,13D3,14D3,15D3,16D3,17D,18D,19D,21D,22D,27D,37D,38D,39D2. The Morgan fingerprint density at radius 1 is 0.603 bits per heavy atom. The molecule has 4 heteroatoms. The molecule has 0 bridgehead atoms. The van der Waals surface area contributed by atoms with Gasteiger partial charge < -0.3 is 5.11 Å². The number of phenolic OH excluding ortho intramolecular Hbond substituents is 1. The van der Waals surface area contributed by atoms with Crippen molar-refractivity contribution in [3.63, 3.8) is 0 Å². The zero-order valence-corrected chi connectivity index (χ0v) is 39.4. The molecule has 1 N–H and O–H groups in total. The molecule has 0 spiro atoms. The van der Waals surface area contributed by atoms with Gasteiger partial charge in [0.25, 0.3) is 0 Å². The molecule has 68 heavy (non-hydrogen) atoms. The minimum atomic E-state index is -4.61. The number of benzene rings is 6. The number of aryl methyl sites for hydroxylation is 1. The Hall–Kier alpha value is -6.26. The van der Waals surface area contributed by atoms with Gasteiger partial charge in [-0.3, -0.25) is 9.55 Å². The van der Waals surface area contributed by atoms with Crippen LogP contribution in [-0.2, 0) is 28.0 Å². The van der Waals surface area contributed by atoms with Gasteiger partial charge in [0.15, 0.2) is 0 Å². The normalized spacial score (nSPS) is 21.0. The van der Waals surface area contributed by atoms with Gasteiger partial charge >= 0.3 is 0 Å². The van der Waals surface area contributed by atoms with E-state index in [0.717, 1.165) is 4.57 Å². The fraction of sp³-hybridized carbons (Fsp3) is 0.344.